The van der Waals surface area contributed by atoms with Crippen LogP contribution in [0.15, 0.2) is 6.33 Å². The predicted molar refractivity (Wildman–Crippen MR) is 47.3 cm³/mol. The number of aliphatic hydroxyl groups excluding tert-OH is 1. The second-order valence-electron chi connectivity index (χ2n) is 2.73. The minimum absolute atomic E-state index is 0.102. The fraction of sp³-hybridized carbons (Fsp3) is 0.625. The van der Waals surface area contributed by atoms with Gasteiger partial charge in [0.05, 0.1) is 13.5 Å². The monoisotopic (exact) mass is 199 g/mol. The smallest absolute Gasteiger partial charge is 0.308 e. The van der Waals surface area contributed by atoms with Gasteiger partial charge in [-0.05, 0) is 6.92 Å². The molecule has 0 aliphatic rings. The molecular weight excluding hydrogens is 186 g/mol. The lowest BCUT2D eigenvalue weighted by Crippen LogP contribution is -2.13. The van der Waals surface area contributed by atoms with Gasteiger partial charge in [0.2, 0.25) is 0 Å². The number of carbonyl (C=O) groups excluding carboxylic acids is 1. The Bertz CT molecular complexity index is 311. The van der Waals surface area contributed by atoms with Crippen molar-refractivity contribution in [2.24, 2.45) is 0 Å². The van der Waals surface area contributed by atoms with E-state index in [1.165, 1.54) is 18.1 Å². The van der Waals surface area contributed by atoms with Crippen LogP contribution in [0.25, 0.3) is 0 Å². The summed E-state index contributed by atoms with van der Waals surface area (Å²) in [7, 11) is 1.28. The van der Waals surface area contributed by atoms with E-state index in [9.17, 15) is 9.90 Å². The van der Waals surface area contributed by atoms with Crippen molar-refractivity contribution in [3.8, 4) is 0 Å². The quantitative estimate of drug-likeness (QED) is 0.685. The maximum Gasteiger partial charge on any atom is 0.308 e. The second kappa shape index (κ2) is 4.71. The zero-order valence-corrected chi connectivity index (χ0v) is 8.17. The summed E-state index contributed by atoms with van der Waals surface area (Å²) in [5.41, 5.74) is 0. The van der Waals surface area contributed by atoms with Crippen molar-refractivity contribution >= 4 is 5.97 Å². The maximum absolute atomic E-state index is 10.9. The lowest BCUT2D eigenvalue weighted by molar-refractivity contribution is -0.143. The lowest BCUT2D eigenvalue weighted by atomic mass is 10.2. The van der Waals surface area contributed by atoms with Gasteiger partial charge in [-0.15, -0.1) is 0 Å². The maximum atomic E-state index is 10.9. The molecule has 1 N–H and O–H groups in total. The molecule has 0 aromatic carbocycles. The molecule has 78 valence electrons. The van der Waals surface area contributed by atoms with E-state index in [1.54, 1.807) is 0 Å². The SMILES string of the molecule is CCn1ncnc1C(O)CC(=O)OC. The van der Waals surface area contributed by atoms with Crippen molar-refractivity contribution in [2.75, 3.05) is 7.11 Å². The molecule has 0 saturated carbocycles. The van der Waals surface area contributed by atoms with Crippen LogP contribution in [0.5, 0.6) is 0 Å². The van der Waals surface area contributed by atoms with Crippen LogP contribution in [0.3, 0.4) is 0 Å². The van der Waals surface area contributed by atoms with Crippen molar-refractivity contribution in [1.82, 2.24) is 14.8 Å². The zero-order chi connectivity index (χ0) is 10.6. The summed E-state index contributed by atoms with van der Waals surface area (Å²) < 4.78 is 5.97. The van der Waals surface area contributed by atoms with Crippen molar-refractivity contribution in [1.29, 1.82) is 0 Å². The van der Waals surface area contributed by atoms with Gasteiger partial charge in [-0.3, -0.25) is 4.79 Å². The van der Waals surface area contributed by atoms with Crippen LogP contribution >= 0.6 is 0 Å². The van der Waals surface area contributed by atoms with Crippen molar-refractivity contribution in [2.45, 2.75) is 26.0 Å². The summed E-state index contributed by atoms with van der Waals surface area (Å²) in [6.07, 6.45) is 0.291. The van der Waals surface area contributed by atoms with E-state index in [4.69, 9.17) is 0 Å². The average molecular weight is 199 g/mol. The number of methoxy groups -OCH3 is 1. The number of aromatic nitrogens is 3. The highest BCUT2D eigenvalue weighted by molar-refractivity contribution is 5.69. The molecule has 1 aromatic rings. The molecule has 1 rings (SSSR count). The first-order chi connectivity index (χ1) is 6.69. The van der Waals surface area contributed by atoms with Gasteiger partial charge in [-0.2, -0.15) is 5.10 Å². The molecule has 0 radical (unpaired) electrons. The second-order valence-corrected chi connectivity index (χ2v) is 2.73. The van der Waals surface area contributed by atoms with Crippen LogP contribution in [0, 0.1) is 0 Å². The summed E-state index contributed by atoms with van der Waals surface area (Å²) in [5.74, 6) is -0.0824. The molecule has 6 nitrogen and oxygen atoms in total. The molecular formula is C8H13N3O3. The Balaban J connectivity index is 2.68. The van der Waals surface area contributed by atoms with Gasteiger partial charge in [0.25, 0.3) is 0 Å². The van der Waals surface area contributed by atoms with Gasteiger partial charge in [-0.25, -0.2) is 9.67 Å². The Morgan fingerprint density at radius 2 is 2.50 bits per heavy atom. The third-order valence-electron chi connectivity index (χ3n) is 1.83. The zero-order valence-electron chi connectivity index (χ0n) is 8.17. The molecule has 0 aliphatic carbocycles. The fourth-order valence-electron chi connectivity index (χ4n) is 1.11. The van der Waals surface area contributed by atoms with Gasteiger partial charge in [0, 0.05) is 6.54 Å². The normalized spacial score (nSPS) is 12.5. The van der Waals surface area contributed by atoms with Crippen molar-refractivity contribution < 1.29 is 14.6 Å². The molecule has 0 bridgehead atoms. The number of hydrogen-bond donors (Lipinski definition) is 1. The van der Waals surface area contributed by atoms with E-state index in [0.29, 0.717) is 12.4 Å². The average Bonchev–Trinajstić information content (AvgIpc) is 2.65. The highest BCUT2D eigenvalue weighted by Gasteiger charge is 2.18. The number of hydrogen-bond acceptors (Lipinski definition) is 5. The molecule has 14 heavy (non-hydrogen) atoms. The highest BCUT2D eigenvalue weighted by Crippen LogP contribution is 2.13. The van der Waals surface area contributed by atoms with Crippen LogP contribution in [-0.4, -0.2) is 33.0 Å². The molecule has 6 heteroatoms. The van der Waals surface area contributed by atoms with Crippen LogP contribution in [-0.2, 0) is 16.1 Å². The molecule has 0 amide bonds. The van der Waals surface area contributed by atoms with E-state index >= 15 is 0 Å². The third-order valence-corrected chi connectivity index (χ3v) is 1.83. The Hall–Kier alpha value is -1.43. The van der Waals surface area contributed by atoms with Crippen LogP contribution in [0.1, 0.15) is 25.3 Å². The van der Waals surface area contributed by atoms with Gasteiger partial charge in [0.15, 0.2) is 5.82 Å². The predicted octanol–water partition coefficient (Wildman–Crippen LogP) is -0.106. The number of esters is 1. The molecule has 0 aliphatic heterocycles. The summed E-state index contributed by atoms with van der Waals surface area (Å²) in [4.78, 5) is 14.7. The Labute approximate surface area is 81.5 Å². The summed E-state index contributed by atoms with van der Waals surface area (Å²) in [5, 5.41) is 13.5. The minimum Gasteiger partial charge on any atom is -0.469 e. The van der Waals surface area contributed by atoms with Crippen LogP contribution < -0.4 is 0 Å². The Morgan fingerprint density at radius 3 is 3.07 bits per heavy atom. The fourth-order valence-corrected chi connectivity index (χ4v) is 1.11. The van der Waals surface area contributed by atoms with Crippen LogP contribution in [0.4, 0.5) is 0 Å². The number of nitrogens with zero attached hydrogens (tertiary/aromatic N) is 3. The number of ether oxygens (including phenoxy) is 1. The van der Waals surface area contributed by atoms with E-state index in [2.05, 4.69) is 14.8 Å². The molecule has 1 heterocycles. The third kappa shape index (κ3) is 2.29. The van der Waals surface area contributed by atoms with Crippen LogP contribution in [0.2, 0.25) is 0 Å². The number of aliphatic hydroxyl groups is 1. The largest absolute Gasteiger partial charge is 0.469 e. The first-order valence-corrected chi connectivity index (χ1v) is 4.31. The molecule has 0 fully saturated rings. The molecule has 1 atom stereocenters. The molecule has 0 saturated heterocycles. The summed E-state index contributed by atoms with van der Waals surface area (Å²) in [6.45, 7) is 2.48. The standard InChI is InChI=1S/C8H13N3O3/c1-3-11-8(9-5-10-11)6(12)4-7(13)14-2/h5-6,12H,3-4H2,1-2H3. The Kier molecular flexibility index (Phi) is 3.58. The van der Waals surface area contributed by atoms with Gasteiger partial charge < -0.3 is 9.84 Å². The number of aryl methyl sites for hydroxylation is 1. The van der Waals surface area contributed by atoms with Crippen molar-refractivity contribution in [3.63, 3.8) is 0 Å². The van der Waals surface area contributed by atoms with E-state index in [-0.39, 0.29) is 6.42 Å². The van der Waals surface area contributed by atoms with Gasteiger partial charge in [0.1, 0.15) is 12.4 Å². The summed E-state index contributed by atoms with van der Waals surface area (Å²) in [6, 6.07) is 0. The van der Waals surface area contributed by atoms with E-state index in [1.807, 2.05) is 6.92 Å². The Morgan fingerprint density at radius 1 is 1.79 bits per heavy atom. The number of rotatable bonds is 4. The topological polar surface area (TPSA) is 77.2 Å². The highest BCUT2D eigenvalue weighted by atomic mass is 16.5. The van der Waals surface area contributed by atoms with Crippen molar-refractivity contribution in [3.05, 3.63) is 12.2 Å². The first kappa shape index (κ1) is 10.6. The molecule has 1 aromatic heterocycles. The summed E-state index contributed by atoms with van der Waals surface area (Å²) >= 11 is 0. The minimum atomic E-state index is -0.954. The molecule has 0 spiro atoms. The van der Waals surface area contributed by atoms with E-state index in [0.717, 1.165) is 0 Å². The lowest BCUT2D eigenvalue weighted by Gasteiger charge is -2.08. The first-order valence-electron chi connectivity index (χ1n) is 4.31. The molecule has 1 unspecified atom stereocenters. The van der Waals surface area contributed by atoms with Gasteiger partial charge in [-0.1, -0.05) is 0 Å². The van der Waals surface area contributed by atoms with Gasteiger partial charge >= 0.3 is 5.97 Å². The van der Waals surface area contributed by atoms with E-state index < -0.39 is 12.1 Å². The number of carbonyl (C=O) groups is 1.